The van der Waals surface area contributed by atoms with E-state index in [0.29, 0.717) is 12.6 Å². The summed E-state index contributed by atoms with van der Waals surface area (Å²) in [5.74, 6) is 0. The van der Waals surface area contributed by atoms with Crippen LogP contribution in [-0.2, 0) is 0 Å². The highest BCUT2D eigenvalue weighted by Gasteiger charge is 2.20. The maximum absolute atomic E-state index is 11.3. The second kappa shape index (κ2) is 5.82. The van der Waals surface area contributed by atoms with Gasteiger partial charge in [0.15, 0.2) is 0 Å². The number of piperidine rings is 1. The summed E-state index contributed by atoms with van der Waals surface area (Å²) >= 11 is 0. The first kappa shape index (κ1) is 11.3. The number of amides is 2. The average molecular weight is 200 g/mol. The average Bonchev–Trinajstić information content (AvgIpc) is 2.26. The Kier molecular flexibility index (Phi) is 4.69. The molecule has 0 radical (unpaired) electrons. The van der Waals surface area contributed by atoms with Gasteiger partial charge >= 0.3 is 6.03 Å². The van der Waals surface area contributed by atoms with Crippen molar-refractivity contribution in [3.05, 3.63) is 0 Å². The van der Waals surface area contributed by atoms with Gasteiger partial charge in [0.2, 0.25) is 0 Å². The molecule has 4 N–H and O–H groups in total. The van der Waals surface area contributed by atoms with Crippen LogP contribution in [0.25, 0.3) is 0 Å². The Morgan fingerprint density at radius 1 is 1.50 bits per heavy atom. The van der Waals surface area contributed by atoms with E-state index < -0.39 is 0 Å². The summed E-state index contributed by atoms with van der Waals surface area (Å²) < 4.78 is 0. The van der Waals surface area contributed by atoms with Crippen LogP contribution in [0.4, 0.5) is 4.79 Å². The molecule has 0 atom stereocenters. The van der Waals surface area contributed by atoms with Crippen molar-refractivity contribution < 1.29 is 4.79 Å². The highest BCUT2D eigenvalue weighted by molar-refractivity contribution is 5.73. The predicted molar refractivity (Wildman–Crippen MR) is 56.1 cm³/mol. The summed E-state index contributed by atoms with van der Waals surface area (Å²) in [4.78, 5) is 13.1. The van der Waals surface area contributed by atoms with Crippen molar-refractivity contribution >= 4 is 6.03 Å². The molecule has 2 amide bonds. The zero-order valence-electron chi connectivity index (χ0n) is 8.75. The number of hydrogen-bond acceptors (Lipinski definition) is 3. The Bertz CT molecular complexity index is 178. The van der Waals surface area contributed by atoms with Crippen molar-refractivity contribution in [2.75, 3.05) is 33.2 Å². The smallest absolute Gasteiger partial charge is 0.317 e. The van der Waals surface area contributed by atoms with E-state index in [9.17, 15) is 4.79 Å². The molecule has 0 aliphatic carbocycles. The standard InChI is InChI=1S/C9H20N4O/c1-11-9(14)13-6-2-8(3-7-13)12-5-4-10/h8,12H,2-7,10H2,1H3,(H,11,14). The van der Waals surface area contributed by atoms with Gasteiger partial charge in [0.05, 0.1) is 0 Å². The van der Waals surface area contributed by atoms with Gasteiger partial charge < -0.3 is 21.3 Å². The number of nitrogens with one attached hydrogen (secondary N) is 2. The number of hydrogen-bond donors (Lipinski definition) is 3. The molecule has 5 heteroatoms. The van der Waals surface area contributed by atoms with E-state index in [0.717, 1.165) is 32.5 Å². The molecule has 0 aromatic carbocycles. The number of urea groups is 1. The van der Waals surface area contributed by atoms with Crippen LogP contribution in [0, 0.1) is 0 Å². The van der Waals surface area contributed by atoms with Crippen LogP contribution < -0.4 is 16.4 Å². The summed E-state index contributed by atoms with van der Waals surface area (Å²) in [5.41, 5.74) is 5.41. The molecule has 5 nitrogen and oxygen atoms in total. The summed E-state index contributed by atoms with van der Waals surface area (Å²) in [7, 11) is 1.67. The Morgan fingerprint density at radius 3 is 2.64 bits per heavy atom. The van der Waals surface area contributed by atoms with Crippen LogP contribution in [0.15, 0.2) is 0 Å². The van der Waals surface area contributed by atoms with Crippen LogP contribution in [0.1, 0.15) is 12.8 Å². The van der Waals surface area contributed by atoms with Gasteiger partial charge in [-0.05, 0) is 12.8 Å². The second-order valence-corrected chi connectivity index (χ2v) is 3.56. The van der Waals surface area contributed by atoms with E-state index in [-0.39, 0.29) is 6.03 Å². The quantitative estimate of drug-likeness (QED) is 0.566. The van der Waals surface area contributed by atoms with Gasteiger partial charge in [0.25, 0.3) is 0 Å². The Hall–Kier alpha value is -0.810. The fraction of sp³-hybridized carbons (Fsp3) is 0.889. The highest BCUT2D eigenvalue weighted by Crippen LogP contribution is 2.09. The second-order valence-electron chi connectivity index (χ2n) is 3.56. The molecule has 82 valence electrons. The van der Waals surface area contributed by atoms with E-state index in [2.05, 4.69) is 10.6 Å². The van der Waals surface area contributed by atoms with Crippen LogP contribution in [0.3, 0.4) is 0 Å². The molecule has 0 saturated carbocycles. The fourth-order valence-corrected chi connectivity index (χ4v) is 1.73. The lowest BCUT2D eigenvalue weighted by atomic mass is 10.1. The van der Waals surface area contributed by atoms with Gasteiger partial charge in [0.1, 0.15) is 0 Å². The lowest BCUT2D eigenvalue weighted by Crippen LogP contribution is -2.48. The molecular formula is C9H20N4O. The van der Waals surface area contributed by atoms with Crippen molar-refractivity contribution in [2.45, 2.75) is 18.9 Å². The van der Waals surface area contributed by atoms with E-state index in [1.54, 1.807) is 7.05 Å². The number of likely N-dealkylation sites (tertiary alicyclic amines) is 1. The molecule has 1 saturated heterocycles. The maximum atomic E-state index is 11.3. The molecule has 0 aromatic rings. The molecule has 1 aliphatic rings. The topological polar surface area (TPSA) is 70.4 Å². The van der Waals surface area contributed by atoms with Crippen molar-refractivity contribution in [1.82, 2.24) is 15.5 Å². The first-order chi connectivity index (χ1) is 6.77. The normalized spacial score (nSPS) is 18.3. The molecule has 1 rings (SSSR count). The van der Waals surface area contributed by atoms with Gasteiger partial charge in [-0.25, -0.2) is 4.79 Å². The largest absolute Gasteiger partial charge is 0.341 e. The van der Waals surface area contributed by atoms with E-state index in [1.807, 2.05) is 4.90 Å². The number of nitrogens with two attached hydrogens (primary N) is 1. The monoisotopic (exact) mass is 200 g/mol. The van der Waals surface area contributed by atoms with Crippen LogP contribution in [-0.4, -0.2) is 50.2 Å². The molecular weight excluding hydrogens is 180 g/mol. The minimum atomic E-state index is 0.0299. The number of rotatable bonds is 3. The summed E-state index contributed by atoms with van der Waals surface area (Å²) in [6.45, 7) is 3.21. The fourth-order valence-electron chi connectivity index (χ4n) is 1.73. The van der Waals surface area contributed by atoms with E-state index >= 15 is 0 Å². The van der Waals surface area contributed by atoms with Crippen molar-refractivity contribution in [1.29, 1.82) is 0 Å². The molecule has 1 heterocycles. The Balaban J connectivity index is 2.20. The summed E-state index contributed by atoms with van der Waals surface area (Å²) in [6.07, 6.45) is 2.04. The molecule has 1 aliphatic heterocycles. The minimum absolute atomic E-state index is 0.0299. The summed E-state index contributed by atoms with van der Waals surface area (Å²) in [6, 6.07) is 0.557. The van der Waals surface area contributed by atoms with E-state index in [1.165, 1.54) is 0 Å². The minimum Gasteiger partial charge on any atom is -0.341 e. The first-order valence-corrected chi connectivity index (χ1v) is 5.18. The van der Waals surface area contributed by atoms with Crippen LogP contribution in [0.5, 0.6) is 0 Å². The maximum Gasteiger partial charge on any atom is 0.317 e. The SMILES string of the molecule is CNC(=O)N1CCC(NCCN)CC1. The van der Waals surface area contributed by atoms with Gasteiger partial charge in [-0.2, -0.15) is 0 Å². The van der Waals surface area contributed by atoms with Crippen LogP contribution in [0.2, 0.25) is 0 Å². The van der Waals surface area contributed by atoms with E-state index in [4.69, 9.17) is 5.73 Å². The van der Waals surface area contributed by atoms with Crippen molar-refractivity contribution in [3.8, 4) is 0 Å². The van der Waals surface area contributed by atoms with Crippen molar-refractivity contribution in [2.24, 2.45) is 5.73 Å². The highest BCUT2D eigenvalue weighted by atomic mass is 16.2. The third kappa shape index (κ3) is 3.16. The Labute approximate surface area is 85.0 Å². The molecule has 0 unspecified atom stereocenters. The van der Waals surface area contributed by atoms with Gasteiger partial charge in [-0.1, -0.05) is 0 Å². The molecule has 0 aromatic heterocycles. The zero-order chi connectivity index (χ0) is 10.4. The van der Waals surface area contributed by atoms with Gasteiger partial charge in [-0.3, -0.25) is 0 Å². The number of carbonyl (C=O) groups is 1. The third-order valence-corrected chi connectivity index (χ3v) is 2.57. The molecule has 14 heavy (non-hydrogen) atoms. The molecule has 0 spiro atoms. The summed E-state index contributed by atoms with van der Waals surface area (Å²) in [5, 5.41) is 6.00. The lowest BCUT2D eigenvalue weighted by Gasteiger charge is -2.32. The van der Waals surface area contributed by atoms with Crippen molar-refractivity contribution in [3.63, 3.8) is 0 Å². The Morgan fingerprint density at radius 2 is 2.14 bits per heavy atom. The van der Waals surface area contributed by atoms with Gasteiger partial charge in [-0.15, -0.1) is 0 Å². The predicted octanol–water partition coefficient (Wildman–Crippen LogP) is -0.661. The van der Waals surface area contributed by atoms with Crippen LogP contribution >= 0.6 is 0 Å². The molecule has 0 bridgehead atoms. The lowest BCUT2D eigenvalue weighted by molar-refractivity contribution is 0.179. The number of nitrogens with zero attached hydrogens (tertiary/aromatic N) is 1. The molecule has 1 fully saturated rings. The number of carbonyl (C=O) groups excluding carboxylic acids is 1. The third-order valence-electron chi connectivity index (χ3n) is 2.57. The first-order valence-electron chi connectivity index (χ1n) is 5.18. The van der Waals surface area contributed by atoms with Gasteiger partial charge in [0, 0.05) is 39.3 Å². The zero-order valence-corrected chi connectivity index (χ0v) is 8.75.